The number of hydrogen-bond acceptors (Lipinski definition) is 3. The van der Waals surface area contributed by atoms with Gasteiger partial charge in [-0.3, -0.25) is 0 Å². The van der Waals surface area contributed by atoms with E-state index in [1.54, 1.807) is 11.3 Å². The highest BCUT2D eigenvalue weighted by atomic mass is 127. The molecule has 0 bridgehead atoms. The van der Waals surface area contributed by atoms with Crippen molar-refractivity contribution in [2.75, 3.05) is 32.8 Å². The first-order valence-electron chi connectivity index (χ1n) is 7.56. The van der Waals surface area contributed by atoms with Crippen molar-refractivity contribution in [3.05, 3.63) is 21.3 Å². The van der Waals surface area contributed by atoms with E-state index >= 15 is 0 Å². The minimum atomic E-state index is 0. The minimum absolute atomic E-state index is 0. The van der Waals surface area contributed by atoms with Crippen LogP contribution in [0, 0.1) is 5.41 Å². The Morgan fingerprint density at radius 2 is 2.36 bits per heavy atom. The Balaban J connectivity index is 0.00000176. The molecule has 2 aliphatic heterocycles. The number of guanidine groups is 1. The van der Waals surface area contributed by atoms with Crippen LogP contribution in [0.1, 0.15) is 24.6 Å². The largest absolute Gasteiger partial charge is 0.381 e. The van der Waals surface area contributed by atoms with Gasteiger partial charge in [0.2, 0.25) is 0 Å². The molecule has 1 atom stereocenters. The van der Waals surface area contributed by atoms with E-state index in [2.05, 4.69) is 23.2 Å². The first kappa shape index (κ1) is 18.3. The lowest BCUT2D eigenvalue weighted by molar-refractivity contribution is 0.156. The molecule has 3 heterocycles. The summed E-state index contributed by atoms with van der Waals surface area (Å²) in [5.74, 6) is 1.02. The van der Waals surface area contributed by atoms with Crippen LogP contribution in [0.2, 0.25) is 4.34 Å². The first-order valence-corrected chi connectivity index (χ1v) is 8.75. The highest BCUT2D eigenvalue weighted by molar-refractivity contribution is 14.0. The van der Waals surface area contributed by atoms with E-state index < -0.39 is 0 Å². The summed E-state index contributed by atoms with van der Waals surface area (Å²) in [7, 11) is 0. The van der Waals surface area contributed by atoms with E-state index in [1.807, 2.05) is 6.07 Å². The Morgan fingerprint density at radius 3 is 3.00 bits per heavy atom. The molecule has 4 nitrogen and oxygen atoms in total. The molecular formula is C15H23ClIN3OS. The van der Waals surface area contributed by atoms with Gasteiger partial charge in [0.05, 0.1) is 17.5 Å². The smallest absolute Gasteiger partial charge is 0.194 e. The third-order valence-electron chi connectivity index (χ3n) is 4.27. The second-order valence-corrected chi connectivity index (χ2v) is 7.65. The van der Waals surface area contributed by atoms with Crippen molar-refractivity contribution in [3.8, 4) is 0 Å². The summed E-state index contributed by atoms with van der Waals surface area (Å²) in [5, 5.41) is 3.41. The number of nitrogens with zero attached hydrogens (tertiary/aromatic N) is 2. The summed E-state index contributed by atoms with van der Waals surface area (Å²) >= 11 is 7.58. The maximum absolute atomic E-state index is 5.98. The van der Waals surface area contributed by atoms with Crippen LogP contribution in [-0.4, -0.2) is 43.7 Å². The van der Waals surface area contributed by atoms with Gasteiger partial charge in [-0.1, -0.05) is 11.6 Å². The van der Waals surface area contributed by atoms with Gasteiger partial charge < -0.3 is 15.0 Å². The Hall–Kier alpha value is -0.0500. The SMILES string of the molecule is CCNC(=NCc1ccc(Cl)s1)N1CCC2(CCOC2)C1.I. The summed E-state index contributed by atoms with van der Waals surface area (Å²) in [6, 6.07) is 3.99. The summed E-state index contributed by atoms with van der Waals surface area (Å²) in [6.07, 6.45) is 2.39. The zero-order valence-corrected chi connectivity index (χ0v) is 16.7. The molecule has 1 N–H and O–H groups in total. The number of halogens is 2. The van der Waals surface area contributed by atoms with Gasteiger partial charge in [0, 0.05) is 36.5 Å². The monoisotopic (exact) mass is 455 g/mol. The van der Waals surface area contributed by atoms with Crippen molar-refractivity contribution in [1.82, 2.24) is 10.2 Å². The zero-order chi connectivity index (χ0) is 14.7. The van der Waals surface area contributed by atoms with Gasteiger partial charge in [-0.2, -0.15) is 0 Å². The summed E-state index contributed by atoms with van der Waals surface area (Å²) in [6.45, 7) is 7.65. The molecule has 0 aromatic carbocycles. The molecular weight excluding hydrogens is 433 g/mol. The lowest BCUT2D eigenvalue weighted by Gasteiger charge is -2.24. The van der Waals surface area contributed by atoms with Crippen molar-refractivity contribution in [2.45, 2.75) is 26.3 Å². The third kappa shape index (κ3) is 4.27. The Bertz CT molecular complexity index is 517. The topological polar surface area (TPSA) is 36.9 Å². The molecule has 0 aliphatic carbocycles. The molecule has 2 aliphatic rings. The zero-order valence-electron chi connectivity index (χ0n) is 12.8. The summed E-state index contributed by atoms with van der Waals surface area (Å²) in [4.78, 5) is 8.36. The minimum Gasteiger partial charge on any atom is -0.381 e. The van der Waals surface area contributed by atoms with Gasteiger partial charge in [0.1, 0.15) is 0 Å². The second-order valence-electron chi connectivity index (χ2n) is 5.85. The lowest BCUT2D eigenvalue weighted by Crippen LogP contribution is -2.41. The predicted octanol–water partition coefficient (Wildman–Crippen LogP) is 3.60. The highest BCUT2D eigenvalue weighted by Crippen LogP contribution is 2.38. The standard InChI is InChI=1S/C15H22ClN3OS.HI/c1-2-17-14(18-9-12-3-4-13(16)21-12)19-7-5-15(10-19)6-8-20-11-15;/h3-4H,2,5-11H2,1H3,(H,17,18);1H. The number of aliphatic imine (C=N–C) groups is 1. The number of thiophene rings is 1. The number of ether oxygens (including phenoxy) is 1. The van der Waals surface area contributed by atoms with Crippen LogP contribution >= 0.6 is 46.9 Å². The number of nitrogens with one attached hydrogen (secondary N) is 1. The fraction of sp³-hybridized carbons (Fsp3) is 0.667. The van der Waals surface area contributed by atoms with Crippen LogP contribution in [0.15, 0.2) is 17.1 Å². The van der Waals surface area contributed by atoms with Gasteiger partial charge in [-0.25, -0.2) is 4.99 Å². The molecule has 2 saturated heterocycles. The second kappa shape index (κ2) is 8.17. The quantitative estimate of drug-likeness (QED) is 0.430. The third-order valence-corrected chi connectivity index (χ3v) is 5.49. The molecule has 0 radical (unpaired) electrons. The van der Waals surface area contributed by atoms with Crippen LogP contribution < -0.4 is 5.32 Å². The Kier molecular flexibility index (Phi) is 6.79. The predicted molar refractivity (Wildman–Crippen MR) is 104 cm³/mol. The molecule has 0 saturated carbocycles. The van der Waals surface area contributed by atoms with Gasteiger partial charge in [0.15, 0.2) is 5.96 Å². The Morgan fingerprint density at radius 1 is 1.50 bits per heavy atom. The van der Waals surface area contributed by atoms with E-state index in [0.29, 0.717) is 12.0 Å². The molecule has 7 heteroatoms. The molecule has 1 aromatic rings. The fourth-order valence-electron chi connectivity index (χ4n) is 3.10. The molecule has 124 valence electrons. The first-order chi connectivity index (χ1) is 10.2. The van der Waals surface area contributed by atoms with Crippen LogP contribution in [-0.2, 0) is 11.3 Å². The van der Waals surface area contributed by atoms with Gasteiger partial charge in [0.25, 0.3) is 0 Å². The van der Waals surface area contributed by atoms with Gasteiger partial charge in [-0.15, -0.1) is 35.3 Å². The molecule has 2 fully saturated rings. The van der Waals surface area contributed by atoms with E-state index in [-0.39, 0.29) is 24.0 Å². The number of hydrogen-bond donors (Lipinski definition) is 1. The molecule has 1 aromatic heterocycles. The maximum Gasteiger partial charge on any atom is 0.194 e. The molecule has 22 heavy (non-hydrogen) atoms. The van der Waals surface area contributed by atoms with Crippen LogP contribution in [0.3, 0.4) is 0 Å². The molecule has 0 amide bonds. The molecule has 3 rings (SSSR count). The number of rotatable bonds is 3. The van der Waals surface area contributed by atoms with E-state index in [0.717, 1.165) is 43.1 Å². The van der Waals surface area contributed by atoms with Crippen LogP contribution in [0.5, 0.6) is 0 Å². The summed E-state index contributed by atoms with van der Waals surface area (Å²) in [5.41, 5.74) is 0.364. The van der Waals surface area contributed by atoms with Crippen molar-refractivity contribution in [1.29, 1.82) is 0 Å². The summed E-state index contributed by atoms with van der Waals surface area (Å²) < 4.78 is 6.43. The van der Waals surface area contributed by atoms with E-state index in [4.69, 9.17) is 21.3 Å². The average molecular weight is 456 g/mol. The maximum atomic E-state index is 5.98. The van der Waals surface area contributed by atoms with Crippen LogP contribution in [0.4, 0.5) is 0 Å². The van der Waals surface area contributed by atoms with Gasteiger partial charge >= 0.3 is 0 Å². The highest BCUT2D eigenvalue weighted by Gasteiger charge is 2.42. The van der Waals surface area contributed by atoms with E-state index in [1.165, 1.54) is 17.7 Å². The number of likely N-dealkylation sites (tertiary alicyclic amines) is 1. The van der Waals surface area contributed by atoms with Crippen molar-refractivity contribution >= 4 is 52.9 Å². The molecule has 1 spiro atoms. The van der Waals surface area contributed by atoms with Crippen LogP contribution in [0.25, 0.3) is 0 Å². The lowest BCUT2D eigenvalue weighted by atomic mass is 9.87. The van der Waals surface area contributed by atoms with Crippen molar-refractivity contribution < 1.29 is 4.74 Å². The fourth-order valence-corrected chi connectivity index (χ4v) is 4.11. The van der Waals surface area contributed by atoms with Gasteiger partial charge in [-0.05, 0) is 31.9 Å². The Labute approximate surface area is 158 Å². The molecule has 1 unspecified atom stereocenters. The normalized spacial score (nSPS) is 24.8. The van der Waals surface area contributed by atoms with Crippen molar-refractivity contribution in [2.24, 2.45) is 10.4 Å². The average Bonchev–Trinajstić information content (AvgIpc) is 3.19. The van der Waals surface area contributed by atoms with E-state index in [9.17, 15) is 0 Å². The van der Waals surface area contributed by atoms with Crippen molar-refractivity contribution in [3.63, 3.8) is 0 Å².